The molecular formula is C11H21NO. The Bertz CT molecular complexity index is 156. The van der Waals surface area contributed by atoms with Crippen molar-refractivity contribution in [3.05, 3.63) is 12.2 Å². The fourth-order valence-corrected chi connectivity index (χ4v) is 2.03. The van der Waals surface area contributed by atoms with Gasteiger partial charge in [0.1, 0.15) is 0 Å². The quantitative estimate of drug-likeness (QED) is 0.522. The van der Waals surface area contributed by atoms with Crippen LogP contribution in [-0.2, 0) is 4.74 Å². The molecule has 0 amide bonds. The summed E-state index contributed by atoms with van der Waals surface area (Å²) in [6, 6.07) is 0. The summed E-state index contributed by atoms with van der Waals surface area (Å²) in [5, 5.41) is 0. The Hall–Kier alpha value is -0.340. The van der Waals surface area contributed by atoms with E-state index in [-0.39, 0.29) is 0 Å². The Kier molecular flexibility index (Phi) is 5.09. The second-order valence-corrected chi connectivity index (χ2v) is 3.79. The lowest BCUT2D eigenvalue weighted by molar-refractivity contribution is 0.108. The minimum absolute atomic E-state index is 0.714. The average Bonchev–Trinajstić information content (AvgIpc) is 2.60. The molecule has 1 fully saturated rings. The summed E-state index contributed by atoms with van der Waals surface area (Å²) in [6.45, 7) is 4.50. The van der Waals surface area contributed by atoms with Crippen LogP contribution in [0.2, 0.25) is 0 Å². The molecule has 2 N–H and O–H groups in total. The predicted molar refractivity (Wildman–Crippen MR) is 55.5 cm³/mol. The normalized spacial score (nSPS) is 28.8. The van der Waals surface area contributed by atoms with E-state index in [1.165, 1.54) is 19.3 Å². The number of hydrogen-bond acceptors (Lipinski definition) is 2. The number of allylic oxidation sites excluding steroid dienone is 1. The zero-order valence-electron chi connectivity index (χ0n) is 8.54. The molecule has 0 aromatic heterocycles. The van der Waals surface area contributed by atoms with Gasteiger partial charge in [0.25, 0.3) is 0 Å². The number of nitrogens with two attached hydrogens (primary N) is 1. The van der Waals surface area contributed by atoms with Gasteiger partial charge in [-0.15, -0.1) is 0 Å². The van der Waals surface area contributed by atoms with Crippen LogP contribution in [0.15, 0.2) is 12.2 Å². The van der Waals surface area contributed by atoms with Gasteiger partial charge in [0.15, 0.2) is 0 Å². The van der Waals surface area contributed by atoms with Crippen LogP contribution in [0.25, 0.3) is 0 Å². The highest BCUT2D eigenvalue weighted by Crippen LogP contribution is 2.30. The van der Waals surface area contributed by atoms with Gasteiger partial charge in [-0.05, 0) is 38.1 Å². The first-order valence-corrected chi connectivity index (χ1v) is 5.27. The molecule has 0 aliphatic heterocycles. The molecule has 1 aliphatic rings. The van der Waals surface area contributed by atoms with E-state index in [1.807, 2.05) is 19.1 Å². The molecule has 13 heavy (non-hydrogen) atoms. The van der Waals surface area contributed by atoms with Gasteiger partial charge in [-0.25, -0.2) is 0 Å². The summed E-state index contributed by atoms with van der Waals surface area (Å²) in [7, 11) is 0. The molecule has 2 unspecified atom stereocenters. The Morgan fingerprint density at radius 2 is 2.15 bits per heavy atom. The predicted octanol–water partition coefficient (Wildman–Crippen LogP) is 1.95. The van der Waals surface area contributed by atoms with Gasteiger partial charge in [-0.2, -0.15) is 0 Å². The maximum atomic E-state index is 5.69. The minimum atomic E-state index is 0.714. The minimum Gasteiger partial charge on any atom is -0.377 e. The first kappa shape index (κ1) is 10.7. The van der Waals surface area contributed by atoms with E-state index in [0.29, 0.717) is 5.92 Å². The van der Waals surface area contributed by atoms with E-state index in [4.69, 9.17) is 10.5 Å². The van der Waals surface area contributed by atoms with Gasteiger partial charge in [0, 0.05) is 0 Å². The lowest BCUT2D eigenvalue weighted by Gasteiger charge is -2.16. The van der Waals surface area contributed by atoms with Crippen molar-refractivity contribution in [1.82, 2.24) is 0 Å². The van der Waals surface area contributed by atoms with E-state index < -0.39 is 0 Å². The van der Waals surface area contributed by atoms with Crippen LogP contribution < -0.4 is 5.73 Å². The summed E-state index contributed by atoms with van der Waals surface area (Å²) < 4.78 is 5.55. The highest BCUT2D eigenvalue weighted by molar-refractivity contribution is 4.79. The second kappa shape index (κ2) is 6.17. The second-order valence-electron chi connectivity index (χ2n) is 3.79. The molecule has 2 atom stereocenters. The van der Waals surface area contributed by atoms with Crippen molar-refractivity contribution in [3.63, 3.8) is 0 Å². The van der Waals surface area contributed by atoms with Crippen molar-refractivity contribution in [2.75, 3.05) is 19.8 Å². The average molecular weight is 183 g/mol. The van der Waals surface area contributed by atoms with Crippen LogP contribution >= 0.6 is 0 Å². The van der Waals surface area contributed by atoms with E-state index in [9.17, 15) is 0 Å². The third-order valence-electron chi connectivity index (χ3n) is 2.90. The summed E-state index contributed by atoms with van der Waals surface area (Å²) in [5.74, 6) is 1.43. The van der Waals surface area contributed by atoms with Gasteiger partial charge >= 0.3 is 0 Å². The molecule has 1 saturated carbocycles. The maximum Gasteiger partial charge on any atom is 0.0647 e. The van der Waals surface area contributed by atoms with Gasteiger partial charge in [0.05, 0.1) is 13.2 Å². The molecule has 2 heteroatoms. The smallest absolute Gasteiger partial charge is 0.0647 e. The Balaban J connectivity index is 2.12. The van der Waals surface area contributed by atoms with Crippen LogP contribution in [0.4, 0.5) is 0 Å². The monoisotopic (exact) mass is 183 g/mol. The van der Waals surface area contributed by atoms with Crippen molar-refractivity contribution in [1.29, 1.82) is 0 Å². The van der Waals surface area contributed by atoms with Crippen LogP contribution in [0.5, 0.6) is 0 Å². The van der Waals surface area contributed by atoms with Gasteiger partial charge in [-0.3, -0.25) is 0 Å². The van der Waals surface area contributed by atoms with Crippen LogP contribution in [0.3, 0.4) is 0 Å². The fourth-order valence-electron chi connectivity index (χ4n) is 2.03. The van der Waals surface area contributed by atoms with Crippen LogP contribution in [0, 0.1) is 11.8 Å². The molecule has 2 nitrogen and oxygen atoms in total. The molecular weight excluding hydrogens is 162 g/mol. The summed E-state index contributed by atoms with van der Waals surface area (Å²) in [6.07, 6.45) is 8.01. The van der Waals surface area contributed by atoms with Crippen molar-refractivity contribution in [2.24, 2.45) is 17.6 Å². The molecule has 0 saturated heterocycles. The number of rotatable bonds is 5. The van der Waals surface area contributed by atoms with Crippen molar-refractivity contribution < 1.29 is 4.74 Å². The first-order chi connectivity index (χ1) is 6.38. The summed E-state index contributed by atoms with van der Waals surface area (Å²) >= 11 is 0. The molecule has 76 valence electrons. The first-order valence-electron chi connectivity index (χ1n) is 5.27. The Morgan fingerprint density at radius 3 is 2.85 bits per heavy atom. The SMILES string of the molecule is CC=CCOCC1CCCC1CN. The lowest BCUT2D eigenvalue weighted by Crippen LogP contribution is -2.22. The van der Waals surface area contributed by atoms with E-state index in [2.05, 4.69) is 0 Å². The molecule has 0 radical (unpaired) electrons. The van der Waals surface area contributed by atoms with Crippen LogP contribution in [0.1, 0.15) is 26.2 Å². The molecule has 0 spiro atoms. The molecule has 0 aromatic carbocycles. The summed E-state index contributed by atoms with van der Waals surface area (Å²) in [4.78, 5) is 0. The van der Waals surface area contributed by atoms with E-state index in [0.717, 1.165) is 25.7 Å². The third kappa shape index (κ3) is 3.49. The lowest BCUT2D eigenvalue weighted by atomic mass is 9.97. The number of ether oxygens (including phenoxy) is 1. The standard InChI is InChI=1S/C11H21NO/c1-2-3-7-13-9-11-6-4-5-10(11)8-12/h2-3,10-11H,4-9,12H2,1H3. The Morgan fingerprint density at radius 1 is 1.38 bits per heavy atom. The summed E-state index contributed by atoms with van der Waals surface area (Å²) in [5.41, 5.74) is 5.69. The third-order valence-corrected chi connectivity index (χ3v) is 2.90. The molecule has 0 heterocycles. The molecule has 1 rings (SSSR count). The highest BCUT2D eigenvalue weighted by Gasteiger charge is 2.25. The van der Waals surface area contributed by atoms with E-state index in [1.54, 1.807) is 0 Å². The largest absolute Gasteiger partial charge is 0.377 e. The molecule has 0 aromatic rings. The van der Waals surface area contributed by atoms with Crippen molar-refractivity contribution >= 4 is 0 Å². The molecule has 0 bridgehead atoms. The van der Waals surface area contributed by atoms with Crippen molar-refractivity contribution in [2.45, 2.75) is 26.2 Å². The van der Waals surface area contributed by atoms with Crippen LogP contribution in [-0.4, -0.2) is 19.8 Å². The zero-order valence-corrected chi connectivity index (χ0v) is 8.54. The van der Waals surface area contributed by atoms with Gasteiger partial charge in [-0.1, -0.05) is 18.6 Å². The zero-order chi connectivity index (χ0) is 9.52. The Labute approximate surface area is 81.1 Å². The number of hydrogen-bond donors (Lipinski definition) is 1. The van der Waals surface area contributed by atoms with Gasteiger partial charge in [0.2, 0.25) is 0 Å². The fraction of sp³-hybridized carbons (Fsp3) is 0.818. The van der Waals surface area contributed by atoms with Crippen molar-refractivity contribution in [3.8, 4) is 0 Å². The van der Waals surface area contributed by atoms with Gasteiger partial charge < -0.3 is 10.5 Å². The maximum absolute atomic E-state index is 5.69. The molecule has 1 aliphatic carbocycles. The topological polar surface area (TPSA) is 35.2 Å². The van der Waals surface area contributed by atoms with E-state index >= 15 is 0 Å². The highest BCUT2D eigenvalue weighted by atomic mass is 16.5.